The van der Waals surface area contributed by atoms with Crippen LogP contribution in [-0.4, -0.2) is 65.6 Å². The number of carbonyl (C=O) groups is 2. The fourth-order valence-electron chi connectivity index (χ4n) is 5.51. The summed E-state index contributed by atoms with van der Waals surface area (Å²) in [6.45, 7) is 7.54. The number of aliphatic carboxylic acids is 1. The van der Waals surface area contributed by atoms with E-state index < -0.39 is 29.2 Å². The normalized spacial score (nSPS) is 17.8. The Labute approximate surface area is 242 Å². The molecule has 2 aliphatic rings. The zero-order valence-corrected chi connectivity index (χ0v) is 24.5. The fraction of sp³-hybridized carbons (Fsp3) is 0.562. The lowest BCUT2D eigenvalue weighted by Gasteiger charge is -2.38. The second-order valence-electron chi connectivity index (χ2n) is 11.0. The van der Waals surface area contributed by atoms with Crippen LogP contribution in [0.15, 0.2) is 42.5 Å². The predicted molar refractivity (Wildman–Crippen MR) is 155 cm³/mol. The SMILES string of the molecule is CCOc1cc([C@@H](C)N(CCCCc2ccccc2)C(=O)NC2(C(=O)O)CCOCC2)cc(OCC)c1C1(O)CC1. The first-order chi connectivity index (χ1) is 19.7. The summed E-state index contributed by atoms with van der Waals surface area (Å²) in [5.74, 6) is 0.0532. The second-order valence-corrected chi connectivity index (χ2v) is 11.0. The van der Waals surface area contributed by atoms with Crippen molar-refractivity contribution in [3.63, 3.8) is 0 Å². The van der Waals surface area contributed by atoms with Gasteiger partial charge in [0, 0.05) is 32.6 Å². The number of aliphatic hydroxyl groups is 1. The van der Waals surface area contributed by atoms with Crippen LogP contribution < -0.4 is 14.8 Å². The number of rotatable bonds is 14. The lowest BCUT2D eigenvalue weighted by molar-refractivity contribution is -0.148. The molecule has 2 aromatic carbocycles. The number of aryl methyl sites for hydroxylation is 1. The molecule has 0 aromatic heterocycles. The first-order valence-corrected chi connectivity index (χ1v) is 14.8. The Kier molecular flexibility index (Phi) is 10.1. The molecule has 9 heteroatoms. The zero-order chi connectivity index (χ0) is 29.5. The molecule has 1 saturated carbocycles. The van der Waals surface area contributed by atoms with Crippen LogP contribution in [0.3, 0.4) is 0 Å². The van der Waals surface area contributed by atoms with E-state index in [0.717, 1.165) is 24.8 Å². The minimum absolute atomic E-state index is 0.209. The standard InChI is InChI=1S/C32H44N2O7/c1-4-40-26-21-25(22-27(41-5-2)28(26)32(38)14-15-32)23(3)34(18-10-9-13-24-11-7-6-8-12-24)30(37)33-31(29(35)36)16-19-39-20-17-31/h6-8,11-12,21-23,38H,4-5,9-10,13-20H2,1-3H3,(H,33,37)(H,35,36)/t23-/m1/s1. The van der Waals surface area contributed by atoms with Crippen molar-refractivity contribution >= 4 is 12.0 Å². The van der Waals surface area contributed by atoms with Crippen molar-refractivity contribution in [2.75, 3.05) is 33.0 Å². The highest BCUT2D eigenvalue weighted by atomic mass is 16.5. The molecule has 4 rings (SSSR count). The molecular weight excluding hydrogens is 524 g/mol. The predicted octanol–water partition coefficient (Wildman–Crippen LogP) is 5.19. The van der Waals surface area contributed by atoms with Gasteiger partial charge in [0.25, 0.3) is 0 Å². The summed E-state index contributed by atoms with van der Waals surface area (Å²) in [4.78, 5) is 27.9. The molecule has 0 bridgehead atoms. The van der Waals surface area contributed by atoms with Gasteiger partial charge in [0.15, 0.2) is 0 Å². The molecule has 3 N–H and O–H groups in total. The molecule has 1 atom stereocenters. The van der Waals surface area contributed by atoms with Crippen LogP contribution in [0.1, 0.15) is 82.0 Å². The number of urea groups is 1. The van der Waals surface area contributed by atoms with E-state index in [1.807, 2.05) is 51.1 Å². The molecule has 1 heterocycles. The number of carboxylic acid groups (broad SMARTS) is 1. The molecule has 1 aliphatic heterocycles. The van der Waals surface area contributed by atoms with E-state index in [1.54, 1.807) is 4.90 Å². The Morgan fingerprint density at radius 2 is 1.61 bits per heavy atom. The van der Waals surface area contributed by atoms with Gasteiger partial charge in [-0.3, -0.25) is 0 Å². The Morgan fingerprint density at radius 3 is 2.15 bits per heavy atom. The molecular formula is C32H44N2O7. The Bertz CT molecular complexity index is 1150. The van der Waals surface area contributed by atoms with E-state index in [1.165, 1.54) is 5.56 Å². The number of hydrogen-bond donors (Lipinski definition) is 3. The van der Waals surface area contributed by atoms with Crippen molar-refractivity contribution in [3.8, 4) is 11.5 Å². The fourth-order valence-corrected chi connectivity index (χ4v) is 5.51. The summed E-state index contributed by atoms with van der Waals surface area (Å²) in [6.07, 6.45) is 4.19. The minimum Gasteiger partial charge on any atom is -0.493 e. The Balaban J connectivity index is 1.62. The van der Waals surface area contributed by atoms with Crippen LogP contribution >= 0.6 is 0 Å². The van der Waals surface area contributed by atoms with Crippen molar-refractivity contribution in [1.29, 1.82) is 0 Å². The lowest BCUT2D eigenvalue weighted by Crippen LogP contribution is -2.60. The van der Waals surface area contributed by atoms with E-state index in [0.29, 0.717) is 49.7 Å². The summed E-state index contributed by atoms with van der Waals surface area (Å²) in [7, 11) is 0. The van der Waals surface area contributed by atoms with Crippen molar-refractivity contribution < 1.29 is 34.0 Å². The number of carbonyl (C=O) groups excluding carboxylic acids is 1. The van der Waals surface area contributed by atoms with Gasteiger partial charge in [-0.05, 0) is 76.1 Å². The highest BCUT2D eigenvalue weighted by Gasteiger charge is 2.47. The van der Waals surface area contributed by atoms with Gasteiger partial charge in [-0.2, -0.15) is 0 Å². The molecule has 224 valence electrons. The molecule has 0 radical (unpaired) electrons. The third kappa shape index (κ3) is 7.32. The molecule has 0 spiro atoms. The van der Waals surface area contributed by atoms with Crippen LogP contribution in [-0.2, 0) is 21.6 Å². The van der Waals surface area contributed by atoms with E-state index in [9.17, 15) is 19.8 Å². The van der Waals surface area contributed by atoms with Gasteiger partial charge in [0.2, 0.25) is 0 Å². The van der Waals surface area contributed by atoms with E-state index in [4.69, 9.17) is 14.2 Å². The van der Waals surface area contributed by atoms with Gasteiger partial charge in [-0.1, -0.05) is 30.3 Å². The minimum atomic E-state index is -1.37. The highest BCUT2D eigenvalue weighted by Crippen LogP contribution is 2.53. The molecule has 1 aliphatic carbocycles. The summed E-state index contributed by atoms with van der Waals surface area (Å²) in [5, 5.41) is 24.0. The van der Waals surface area contributed by atoms with Crippen molar-refractivity contribution in [1.82, 2.24) is 10.2 Å². The first kappa shape index (κ1) is 30.7. The van der Waals surface area contributed by atoms with Crippen LogP contribution in [0.2, 0.25) is 0 Å². The molecule has 0 unspecified atom stereocenters. The number of unbranched alkanes of at least 4 members (excludes halogenated alkanes) is 1. The number of hydrogen-bond acceptors (Lipinski definition) is 6. The van der Waals surface area contributed by atoms with Crippen molar-refractivity contribution in [2.24, 2.45) is 0 Å². The quantitative estimate of drug-likeness (QED) is 0.268. The third-order valence-corrected chi connectivity index (χ3v) is 8.15. The van der Waals surface area contributed by atoms with E-state index in [2.05, 4.69) is 17.4 Å². The second kappa shape index (κ2) is 13.6. The maximum Gasteiger partial charge on any atom is 0.329 e. The van der Waals surface area contributed by atoms with E-state index in [-0.39, 0.29) is 26.1 Å². The van der Waals surface area contributed by atoms with Gasteiger partial charge >= 0.3 is 12.0 Å². The molecule has 2 fully saturated rings. The number of nitrogens with one attached hydrogen (secondary N) is 1. The topological polar surface area (TPSA) is 118 Å². The lowest BCUT2D eigenvalue weighted by atomic mass is 9.90. The maximum absolute atomic E-state index is 13.9. The molecule has 9 nitrogen and oxygen atoms in total. The number of benzene rings is 2. The zero-order valence-electron chi connectivity index (χ0n) is 24.5. The summed E-state index contributed by atoms with van der Waals surface area (Å²) < 4.78 is 17.4. The van der Waals surface area contributed by atoms with Crippen LogP contribution in [0.5, 0.6) is 11.5 Å². The smallest absolute Gasteiger partial charge is 0.329 e. The molecule has 41 heavy (non-hydrogen) atoms. The van der Waals surface area contributed by atoms with Gasteiger partial charge in [-0.25, -0.2) is 9.59 Å². The summed E-state index contributed by atoms with van der Waals surface area (Å²) >= 11 is 0. The number of carboxylic acids is 1. The van der Waals surface area contributed by atoms with Crippen molar-refractivity contribution in [3.05, 3.63) is 59.2 Å². The largest absolute Gasteiger partial charge is 0.493 e. The molecule has 2 amide bonds. The number of nitrogens with zero attached hydrogens (tertiary/aromatic N) is 1. The first-order valence-electron chi connectivity index (χ1n) is 14.8. The molecule has 2 aromatic rings. The molecule has 1 saturated heterocycles. The van der Waals surface area contributed by atoms with Gasteiger partial charge in [0.1, 0.15) is 17.0 Å². The Hall–Kier alpha value is -3.30. The average Bonchev–Trinajstić information content (AvgIpc) is 3.71. The maximum atomic E-state index is 13.9. The van der Waals surface area contributed by atoms with Gasteiger partial charge in [-0.15, -0.1) is 0 Å². The van der Waals surface area contributed by atoms with E-state index >= 15 is 0 Å². The third-order valence-electron chi connectivity index (χ3n) is 8.15. The summed E-state index contributed by atoms with van der Waals surface area (Å²) in [6, 6.07) is 13.1. The van der Waals surface area contributed by atoms with Crippen LogP contribution in [0.4, 0.5) is 4.79 Å². The van der Waals surface area contributed by atoms with Crippen LogP contribution in [0.25, 0.3) is 0 Å². The average molecular weight is 569 g/mol. The number of ether oxygens (including phenoxy) is 3. The highest BCUT2D eigenvalue weighted by molar-refractivity contribution is 5.86. The summed E-state index contributed by atoms with van der Waals surface area (Å²) in [5.41, 5.74) is 0.341. The monoisotopic (exact) mass is 568 g/mol. The Morgan fingerprint density at radius 1 is 1.00 bits per heavy atom. The van der Waals surface area contributed by atoms with Gasteiger partial charge in [0.05, 0.1) is 30.4 Å². The van der Waals surface area contributed by atoms with Crippen molar-refractivity contribution in [2.45, 2.75) is 82.9 Å². The van der Waals surface area contributed by atoms with Crippen LogP contribution in [0, 0.1) is 0 Å². The number of amides is 2. The van der Waals surface area contributed by atoms with Gasteiger partial charge < -0.3 is 34.6 Å².